The van der Waals surface area contributed by atoms with Crippen LogP contribution < -0.4 is 20.1 Å². The molecular formula is C20H27N7O3. The number of anilines is 3. The number of rotatable bonds is 9. The van der Waals surface area contributed by atoms with Crippen molar-refractivity contribution in [2.75, 3.05) is 64.2 Å². The Bertz CT molecular complexity index is 950. The summed E-state index contributed by atoms with van der Waals surface area (Å²) in [5.41, 5.74) is 1.44. The lowest BCUT2D eigenvalue weighted by atomic mass is 10.3. The van der Waals surface area contributed by atoms with Gasteiger partial charge in [0.05, 0.1) is 27.4 Å². The van der Waals surface area contributed by atoms with E-state index in [4.69, 9.17) is 14.2 Å². The molecule has 3 aromatic rings. The van der Waals surface area contributed by atoms with Crippen molar-refractivity contribution in [2.24, 2.45) is 0 Å². The highest BCUT2D eigenvalue weighted by Gasteiger charge is 2.12. The van der Waals surface area contributed by atoms with Gasteiger partial charge in [-0.1, -0.05) is 0 Å². The molecule has 0 spiro atoms. The van der Waals surface area contributed by atoms with E-state index in [0.717, 1.165) is 51.5 Å². The maximum Gasteiger partial charge on any atom is 0.247 e. The highest BCUT2D eigenvalue weighted by atomic mass is 16.5. The zero-order valence-corrected chi connectivity index (χ0v) is 17.3. The van der Waals surface area contributed by atoms with E-state index in [0.29, 0.717) is 28.9 Å². The van der Waals surface area contributed by atoms with Crippen molar-refractivity contribution in [3.05, 3.63) is 30.6 Å². The standard InChI is InChI=1S/C20H27N7O3/c1-28-16-12-15(13-17(14-16)29-2)23-20-24-19-18(22-5-7-27(19)25-20)21-4-3-6-26-8-10-30-11-9-26/h5,7,12-14H,3-4,6,8-11H2,1-2H3,(H,21,22)(H,23,25). The molecule has 0 saturated carbocycles. The van der Waals surface area contributed by atoms with Crippen LogP contribution in [0.4, 0.5) is 17.5 Å². The van der Waals surface area contributed by atoms with E-state index in [2.05, 4.69) is 30.6 Å². The molecular weight excluding hydrogens is 386 g/mol. The fraction of sp³-hybridized carbons (Fsp3) is 0.450. The van der Waals surface area contributed by atoms with E-state index in [1.165, 1.54) is 0 Å². The van der Waals surface area contributed by atoms with Gasteiger partial charge >= 0.3 is 0 Å². The number of methoxy groups -OCH3 is 2. The molecule has 0 bridgehead atoms. The molecule has 0 unspecified atom stereocenters. The quantitative estimate of drug-likeness (QED) is 0.511. The summed E-state index contributed by atoms with van der Waals surface area (Å²) >= 11 is 0. The van der Waals surface area contributed by atoms with Gasteiger partial charge in [0, 0.05) is 55.9 Å². The van der Waals surface area contributed by atoms with Crippen LogP contribution in [0.5, 0.6) is 11.5 Å². The smallest absolute Gasteiger partial charge is 0.247 e. The number of ether oxygens (including phenoxy) is 3. The Hall–Kier alpha value is -3.11. The number of morpholine rings is 1. The van der Waals surface area contributed by atoms with E-state index >= 15 is 0 Å². The summed E-state index contributed by atoms with van der Waals surface area (Å²) in [5, 5.41) is 11.1. The number of hydrogen-bond acceptors (Lipinski definition) is 9. The van der Waals surface area contributed by atoms with Crippen LogP contribution in [0.3, 0.4) is 0 Å². The molecule has 1 fully saturated rings. The molecule has 2 N–H and O–H groups in total. The van der Waals surface area contributed by atoms with Gasteiger partial charge in [-0.05, 0) is 13.0 Å². The zero-order chi connectivity index (χ0) is 20.8. The van der Waals surface area contributed by atoms with Gasteiger partial charge in [-0.3, -0.25) is 4.90 Å². The molecule has 30 heavy (non-hydrogen) atoms. The van der Waals surface area contributed by atoms with Crippen molar-refractivity contribution < 1.29 is 14.2 Å². The summed E-state index contributed by atoms with van der Waals surface area (Å²) in [7, 11) is 3.23. The third-order valence-corrected chi connectivity index (χ3v) is 4.91. The van der Waals surface area contributed by atoms with Crippen LogP contribution in [0, 0.1) is 0 Å². The summed E-state index contributed by atoms with van der Waals surface area (Å²) in [6, 6.07) is 5.53. The summed E-state index contributed by atoms with van der Waals surface area (Å²) in [4.78, 5) is 11.4. The predicted octanol–water partition coefficient (Wildman–Crippen LogP) is 2.02. The lowest BCUT2D eigenvalue weighted by molar-refractivity contribution is 0.0378. The van der Waals surface area contributed by atoms with Crippen molar-refractivity contribution >= 4 is 23.1 Å². The zero-order valence-electron chi connectivity index (χ0n) is 17.3. The van der Waals surface area contributed by atoms with Crippen molar-refractivity contribution in [1.82, 2.24) is 24.5 Å². The highest BCUT2D eigenvalue weighted by molar-refractivity contribution is 5.66. The van der Waals surface area contributed by atoms with Crippen molar-refractivity contribution in [1.29, 1.82) is 0 Å². The normalized spacial score (nSPS) is 14.6. The number of nitrogens with one attached hydrogen (secondary N) is 2. The minimum absolute atomic E-state index is 0.467. The van der Waals surface area contributed by atoms with Crippen LogP contribution in [0.15, 0.2) is 30.6 Å². The molecule has 1 saturated heterocycles. The first kappa shape index (κ1) is 20.2. The van der Waals surface area contributed by atoms with Gasteiger partial charge < -0.3 is 24.8 Å². The second kappa shape index (κ2) is 9.59. The Morgan fingerprint density at radius 1 is 1.10 bits per heavy atom. The topological polar surface area (TPSA) is 98.1 Å². The molecule has 0 radical (unpaired) electrons. The second-order valence-corrected chi connectivity index (χ2v) is 6.94. The Labute approximate surface area is 175 Å². The third-order valence-electron chi connectivity index (χ3n) is 4.91. The minimum atomic E-state index is 0.467. The van der Waals surface area contributed by atoms with Gasteiger partial charge in [0.1, 0.15) is 11.5 Å². The van der Waals surface area contributed by atoms with Crippen molar-refractivity contribution in [3.8, 4) is 11.5 Å². The number of benzene rings is 1. The Morgan fingerprint density at radius 2 is 1.87 bits per heavy atom. The molecule has 10 heteroatoms. The van der Waals surface area contributed by atoms with E-state index in [9.17, 15) is 0 Å². The van der Waals surface area contributed by atoms with Crippen LogP contribution in [0.1, 0.15) is 6.42 Å². The molecule has 0 aliphatic carbocycles. The van der Waals surface area contributed by atoms with Gasteiger partial charge in [-0.15, -0.1) is 5.10 Å². The fourth-order valence-corrected chi connectivity index (χ4v) is 3.34. The molecule has 160 valence electrons. The van der Waals surface area contributed by atoms with Crippen molar-refractivity contribution in [3.63, 3.8) is 0 Å². The van der Waals surface area contributed by atoms with E-state index in [1.807, 2.05) is 18.2 Å². The van der Waals surface area contributed by atoms with Crippen molar-refractivity contribution in [2.45, 2.75) is 6.42 Å². The number of fused-ring (bicyclic) bond motifs is 1. The van der Waals surface area contributed by atoms with Gasteiger partial charge in [-0.2, -0.15) is 4.98 Å². The van der Waals surface area contributed by atoms with Crippen LogP contribution in [0.25, 0.3) is 5.65 Å². The van der Waals surface area contributed by atoms with E-state index in [-0.39, 0.29) is 0 Å². The molecule has 2 aromatic heterocycles. The third kappa shape index (κ3) is 4.89. The first-order valence-electron chi connectivity index (χ1n) is 10.0. The Kier molecular flexibility index (Phi) is 6.45. The summed E-state index contributed by atoms with van der Waals surface area (Å²) in [6.07, 6.45) is 4.51. The van der Waals surface area contributed by atoms with Crippen LogP contribution in [0.2, 0.25) is 0 Å². The first-order valence-corrected chi connectivity index (χ1v) is 10.0. The maximum atomic E-state index is 5.39. The summed E-state index contributed by atoms with van der Waals surface area (Å²) in [6.45, 7) is 5.50. The highest BCUT2D eigenvalue weighted by Crippen LogP contribution is 2.27. The van der Waals surface area contributed by atoms with Gasteiger partial charge in [0.25, 0.3) is 0 Å². The lowest BCUT2D eigenvalue weighted by Gasteiger charge is -2.26. The van der Waals surface area contributed by atoms with E-state index in [1.54, 1.807) is 31.1 Å². The molecule has 3 heterocycles. The summed E-state index contributed by atoms with van der Waals surface area (Å²) in [5.74, 6) is 2.55. The molecule has 0 atom stereocenters. The number of aromatic nitrogens is 4. The summed E-state index contributed by atoms with van der Waals surface area (Å²) < 4.78 is 17.7. The largest absolute Gasteiger partial charge is 0.497 e. The first-order chi connectivity index (χ1) is 14.7. The monoisotopic (exact) mass is 413 g/mol. The molecule has 10 nitrogen and oxygen atoms in total. The van der Waals surface area contributed by atoms with Gasteiger partial charge in [0.15, 0.2) is 11.5 Å². The molecule has 0 amide bonds. The number of nitrogens with zero attached hydrogens (tertiary/aromatic N) is 5. The minimum Gasteiger partial charge on any atom is -0.497 e. The Balaban J connectivity index is 1.41. The van der Waals surface area contributed by atoms with Crippen LogP contribution in [-0.4, -0.2) is 78.1 Å². The molecule has 4 rings (SSSR count). The van der Waals surface area contributed by atoms with E-state index < -0.39 is 0 Å². The number of hydrogen-bond donors (Lipinski definition) is 2. The lowest BCUT2D eigenvalue weighted by Crippen LogP contribution is -2.37. The fourth-order valence-electron chi connectivity index (χ4n) is 3.34. The molecule has 1 aliphatic heterocycles. The average Bonchev–Trinajstić information content (AvgIpc) is 3.20. The van der Waals surface area contributed by atoms with Crippen LogP contribution in [-0.2, 0) is 4.74 Å². The predicted molar refractivity (Wildman–Crippen MR) is 114 cm³/mol. The maximum absolute atomic E-state index is 5.39. The van der Waals surface area contributed by atoms with Gasteiger partial charge in [0.2, 0.25) is 5.95 Å². The van der Waals surface area contributed by atoms with Gasteiger partial charge in [-0.25, -0.2) is 9.50 Å². The molecule has 1 aliphatic rings. The SMILES string of the molecule is COc1cc(Nc2nc3c(NCCCN4CCOCC4)nccn3n2)cc(OC)c1. The second-order valence-electron chi connectivity index (χ2n) is 6.94. The Morgan fingerprint density at radius 3 is 2.60 bits per heavy atom. The average molecular weight is 413 g/mol. The van der Waals surface area contributed by atoms with Crippen LogP contribution >= 0.6 is 0 Å². The molecule has 1 aromatic carbocycles.